The van der Waals surface area contributed by atoms with E-state index >= 15 is 0 Å². The maximum Gasteiger partial charge on any atom is 0.218 e. The van der Waals surface area contributed by atoms with Crippen molar-refractivity contribution in [3.05, 3.63) is 47.1 Å². The summed E-state index contributed by atoms with van der Waals surface area (Å²) < 4.78 is 10.5. The van der Waals surface area contributed by atoms with Crippen LogP contribution in [0.4, 0.5) is 0 Å². The lowest BCUT2D eigenvalue weighted by Gasteiger charge is -2.07. The van der Waals surface area contributed by atoms with Gasteiger partial charge in [0, 0.05) is 31.5 Å². The van der Waals surface area contributed by atoms with E-state index in [1.165, 1.54) is 0 Å². The van der Waals surface area contributed by atoms with E-state index < -0.39 is 0 Å². The van der Waals surface area contributed by atoms with E-state index in [0.717, 1.165) is 5.69 Å². The van der Waals surface area contributed by atoms with Gasteiger partial charge in [0.1, 0.15) is 11.8 Å². The summed E-state index contributed by atoms with van der Waals surface area (Å²) in [6, 6.07) is 7.36. The van der Waals surface area contributed by atoms with Crippen LogP contribution in [0.25, 0.3) is 0 Å². The highest BCUT2D eigenvalue weighted by atomic mass is 35.5. The average molecular weight is 280 g/mol. The normalized spacial score (nSPS) is 10.4. The molecule has 0 fully saturated rings. The molecule has 0 saturated carbocycles. The predicted molar refractivity (Wildman–Crippen MR) is 71.2 cm³/mol. The van der Waals surface area contributed by atoms with Crippen molar-refractivity contribution < 1.29 is 9.47 Å². The molecule has 2 aromatic heterocycles. The number of hydrogen-bond donors (Lipinski definition) is 0. The highest BCUT2D eigenvalue weighted by Gasteiger charge is 2.04. The van der Waals surface area contributed by atoms with Crippen molar-refractivity contribution in [2.75, 3.05) is 13.7 Å². The number of aromatic nitrogens is 3. The molecule has 5 nitrogen and oxygen atoms in total. The van der Waals surface area contributed by atoms with Gasteiger partial charge in [-0.25, -0.2) is 4.98 Å². The number of rotatable bonds is 6. The number of halogens is 1. The smallest absolute Gasteiger partial charge is 0.218 e. The third kappa shape index (κ3) is 4.46. The van der Waals surface area contributed by atoms with Crippen LogP contribution in [-0.2, 0) is 17.8 Å². The molecule has 0 N–H and O–H groups in total. The van der Waals surface area contributed by atoms with E-state index in [-0.39, 0.29) is 0 Å². The molecule has 0 aromatic carbocycles. The van der Waals surface area contributed by atoms with Gasteiger partial charge >= 0.3 is 0 Å². The quantitative estimate of drug-likeness (QED) is 0.760. The maximum atomic E-state index is 5.88. The van der Waals surface area contributed by atoms with E-state index in [2.05, 4.69) is 15.0 Å². The maximum absolute atomic E-state index is 5.88. The van der Waals surface area contributed by atoms with Crippen LogP contribution in [0.1, 0.15) is 11.5 Å². The summed E-state index contributed by atoms with van der Waals surface area (Å²) in [6.07, 6.45) is 2.47. The molecule has 0 amide bonds. The topological polar surface area (TPSA) is 57.1 Å². The first-order valence-corrected chi connectivity index (χ1v) is 6.21. The highest BCUT2D eigenvalue weighted by Crippen LogP contribution is 2.14. The third-order valence-electron chi connectivity index (χ3n) is 2.33. The summed E-state index contributed by atoms with van der Waals surface area (Å²) in [5.41, 5.74) is 0.972. The second-order valence-electron chi connectivity index (χ2n) is 3.80. The van der Waals surface area contributed by atoms with Crippen molar-refractivity contribution in [3.8, 4) is 5.88 Å². The number of pyridine rings is 1. The number of nitrogens with zero attached hydrogens (tertiary/aromatic N) is 3. The van der Waals surface area contributed by atoms with Crippen LogP contribution in [0, 0.1) is 0 Å². The third-order valence-corrected chi connectivity index (χ3v) is 2.52. The molecule has 2 heterocycles. The Labute approximate surface area is 116 Å². The minimum atomic E-state index is 0.303. The van der Waals surface area contributed by atoms with Gasteiger partial charge in [0.05, 0.1) is 6.61 Å². The van der Waals surface area contributed by atoms with Crippen molar-refractivity contribution in [1.29, 1.82) is 0 Å². The Balaban J connectivity index is 1.92. The summed E-state index contributed by atoms with van der Waals surface area (Å²) in [6.45, 7) is 0.786. The minimum Gasteiger partial charge on any atom is -0.477 e. The van der Waals surface area contributed by atoms with Crippen molar-refractivity contribution in [2.24, 2.45) is 0 Å². The van der Waals surface area contributed by atoms with Gasteiger partial charge in [-0.2, -0.15) is 4.98 Å². The van der Waals surface area contributed by atoms with E-state index in [4.69, 9.17) is 21.1 Å². The van der Waals surface area contributed by atoms with E-state index in [1.54, 1.807) is 19.4 Å². The van der Waals surface area contributed by atoms with Gasteiger partial charge in [-0.15, -0.1) is 0 Å². The Kier molecular flexibility index (Phi) is 5.06. The molecule has 0 atom stereocenters. The molecule has 0 spiro atoms. The summed E-state index contributed by atoms with van der Waals surface area (Å²) in [5, 5.41) is 0.342. The molecule has 100 valence electrons. The fourth-order valence-electron chi connectivity index (χ4n) is 1.52. The zero-order valence-corrected chi connectivity index (χ0v) is 11.3. The summed E-state index contributed by atoms with van der Waals surface area (Å²) in [4.78, 5) is 12.4. The first-order chi connectivity index (χ1) is 9.28. The molecular weight excluding hydrogens is 266 g/mol. The lowest BCUT2D eigenvalue weighted by molar-refractivity contribution is 0.176. The molecule has 0 aliphatic heterocycles. The Morgan fingerprint density at radius 2 is 2.16 bits per heavy atom. The molecule has 0 unspecified atom stereocenters. The molecular formula is C13H14ClN3O2. The fourth-order valence-corrected chi connectivity index (χ4v) is 1.71. The Morgan fingerprint density at radius 3 is 2.89 bits per heavy atom. The second kappa shape index (κ2) is 7.01. The van der Waals surface area contributed by atoms with Gasteiger partial charge < -0.3 is 9.47 Å². The van der Waals surface area contributed by atoms with Crippen molar-refractivity contribution in [3.63, 3.8) is 0 Å². The molecule has 0 saturated heterocycles. The van der Waals surface area contributed by atoms with Crippen molar-refractivity contribution >= 4 is 11.6 Å². The van der Waals surface area contributed by atoms with Crippen LogP contribution in [0.2, 0.25) is 5.15 Å². The second-order valence-corrected chi connectivity index (χ2v) is 4.18. The first-order valence-electron chi connectivity index (χ1n) is 5.83. The lowest BCUT2D eigenvalue weighted by Crippen LogP contribution is -2.06. The molecule has 0 bridgehead atoms. The van der Waals surface area contributed by atoms with E-state index in [9.17, 15) is 0 Å². The largest absolute Gasteiger partial charge is 0.477 e. The van der Waals surface area contributed by atoms with Gasteiger partial charge in [-0.1, -0.05) is 17.7 Å². The van der Waals surface area contributed by atoms with Crippen LogP contribution in [0.15, 0.2) is 30.5 Å². The molecule has 2 aromatic rings. The molecule has 0 radical (unpaired) electrons. The highest BCUT2D eigenvalue weighted by molar-refractivity contribution is 6.29. The summed E-state index contributed by atoms with van der Waals surface area (Å²) in [7, 11) is 1.58. The monoisotopic (exact) mass is 279 g/mol. The summed E-state index contributed by atoms with van der Waals surface area (Å²) >= 11 is 5.88. The number of methoxy groups -OCH3 is 1. The number of hydrogen-bond acceptors (Lipinski definition) is 5. The van der Waals surface area contributed by atoms with Gasteiger partial charge in [-0.05, 0) is 12.1 Å². The molecule has 19 heavy (non-hydrogen) atoms. The zero-order chi connectivity index (χ0) is 13.5. The predicted octanol–water partition coefficient (Wildman–Crippen LogP) is 2.29. The van der Waals surface area contributed by atoms with Gasteiger partial charge in [0.15, 0.2) is 5.82 Å². The van der Waals surface area contributed by atoms with Crippen LogP contribution < -0.4 is 4.74 Å². The van der Waals surface area contributed by atoms with Gasteiger partial charge in [-0.3, -0.25) is 4.98 Å². The van der Waals surface area contributed by atoms with Gasteiger partial charge in [0.2, 0.25) is 5.88 Å². The zero-order valence-electron chi connectivity index (χ0n) is 10.5. The van der Waals surface area contributed by atoms with Crippen molar-refractivity contribution in [1.82, 2.24) is 15.0 Å². The van der Waals surface area contributed by atoms with E-state index in [0.29, 0.717) is 36.5 Å². The lowest BCUT2D eigenvalue weighted by atomic mass is 10.3. The fraction of sp³-hybridized carbons (Fsp3) is 0.308. The first kappa shape index (κ1) is 13.7. The van der Waals surface area contributed by atoms with Gasteiger partial charge in [0.25, 0.3) is 0 Å². The van der Waals surface area contributed by atoms with Crippen LogP contribution >= 0.6 is 11.6 Å². The van der Waals surface area contributed by atoms with Crippen molar-refractivity contribution in [2.45, 2.75) is 13.0 Å². The minimum absolute atomic E-state index is 0.303. The summed E-state index contributed by atoms with van der Waals surface area (Å²) in [5.74, 6) is 0.950. The number of ether oxygens (including phenoxy) is 2. The Bertz CT molecular complexity index is 523. The molecule has 6 heteroatoms. The molecule has 0 aliphatic rings. The molecule has 0 aliphatic carbocycles. The molecule has 2 rings (SSSR count). The average Bonchev–Trinajstić information content (AvgIpc) is 2.40. The van der Waals surface area contributed by atoms with Crippen LogP contribution in [0.3, 0.4) is 0 Å². The van der Waals surface area contributed by atoms with E-state index in [1.807, 2.05) is 18.2 Å². The van der Waals surface area contributed by atoms with Crippen LogP contribution in [-0.4, -0.2) is 28.7 Å². The SMILES string of the molecule is COCc1nc(Cl)cc(OCCc2ccccn2)n1. The van der Waals surface area contributed by atoms with Crippen LogP contribution in [0.5, 0.6) is 5.88 Å². The Hall–Kier alpha value is -1.72. The Morgan fingerprint density at radius 1 is 1.26 bits per heavy atom. The standard InChI is InChI=1S/C13H14ClN3O2/c1-18-9-12-16-11(14)8-13(17-12)19-7-5-10-4-2-3-6-15-10/h2-4,6,8H,5,7,9H2,1H3.